The predicted octanol–water partition coefficient (Wildman–Crippen LogP) is 1.73. The lowest BCUT2D eigenvalue weighted by atomic mass is 10.1. The summed E-state index contributed by atoms with van der Waals surface area (Å²) in [5, 5.41) is 0. The molecular formula is C15H25N3O2S. The van der Waals surface area contributed by atoms with Gasteiger partial charge in [0.15, 0.2) is 0 Å². The van der Waals surface area contributed by atoms with Crippen LogP contribution >= 0.6 is 0 Å². The molecule has 0 radical (unpaired) electrons. The summed E-state index contributed by atoms with van der Waals surface area (Å²) in [4.78, 5) is 2.54. The van der Waals surface area contributed by atoms with Crippen LogP contribution in [0.1, 0.15) is 31.7 Å². The van der Waals surface area contributed by atoms with Gasteiger partial charge in [-0.3, -0.25) is 4.90 Å². The molecule has 0 aliphatic carbocycles. The van der Waals surface area contributed by atoms with Crippen molar-refractivity contribution in [1.82, 2.24) is 9.62 Å². The van der Waals surface area contributed by atoms with E-state index in [2.05, 4.69) is 16.5 Å². The van der Waals surface area contributed by atoms with Gasteiger partial charge in [0.1, 0.15) is 4.90 Å². The molecule has 1 saturated heterocycles. The number of aryl methyl sites for hydroxylation is 1. The van der Waals surface area contributed by atoms with Crippen molar-refractivity contribution < 1.29 is 8.42 Å². The molecule has 2 rings (SSSR count). The van der Waals surface area contributed by atoms with E-state index >= 15 is 0 Å². The summed E-state index contributed by atoms with van der Waals surface area (Å²) in [7, 11) is -3.56. The molecule has 0 bridgehead atoms. The number of piperidine rings is 1. The van der Waals surface area contributed by atoms with E-state index < -0.39 is 10.0 Å². The molecule has 0 aromatic heterocycles. The first-order valence-corrected chi connectivity index (χ1v) is 8.99. The Hall–Kier alpha value is -1.11. The van der Waals surface area contributed by atoms with E-state index in [9.17, 15) is 8.42 Å². The third-order valence-electron chi connectivity index (χ3n) is 4.09. The van der Waals surface area contributed by atoms with Crippen LogP contribution in [0.3, 0.4) is 0 Å². The number of nitrogens with two attached hydrogens (primary N) is 1. The van der Waals surface area contributed by atoms with Gasteiger partial charge in [-0.05, 0) is 51.4 Å². The van der Waals surface area contributed by atoms with Crippen LogP contribution in [0, 0.1) is 6.92 Å². The van der Waals surface area contributed by atoms with Gasteiger partial charge in [0.2, 0.25) is 10.0 Å². The maximum atomic E-state index is 12.5. The van der Waals surface area contributed by atoms with Gasteiger partial charge in [0, 0.05) is 12.6 Å². The Morgan fingerprint density at radius 1 is 1.29 bits per heavy atom. The van der Waals surface area contributed by atoms with E-state index in [0.717, 1.165) is 13.1 Å². The molecule has 118 valence electrons. The third-order valence-corrected chi connectivity index (χ3v) is 5.74. The Bertz CT molecular complexity index is 560. The maximum Gasteiger partial charge on any atom is 0.242 e. The van der Waals surface area contributed by atoms with Gasteiger partial charge >= 0.3 is 0 Å². The zero-order chi connectivity index (χ0) is 15.5. The largest absolute Gasteiger partial charge is 0.398 e. The van der Waals surface area contributed by atoms with Crippen molar-refractivity contribution in [3.63, 3.8) is 0 Å². The van der Waals surface area contributed by atoms with E-state index in [1.807, 2.05) is 0 Å². The molecule has 3 N–H and O–H groups in total. The number of benzene rings is 1. The molecule has 1 aromatic rings. The number of nitrogens with zero attached hydrogens (tertiary/aromatic N) is 1. The summed E-state index contributed by atoms with van der Waals surface area (Å²) in [6.45, 7) is 6.34. The van der Waals surface area contributed by atoms with Crippen LogP contribution < -0.4 is 10.5 Å². The Labute approximate surface area is 127 Å². The minimum atomic E-state index is -3.56. The number of hydrogen-bond acceptors (Lipinski definition) is 4. The molecule has 1 atom stereocenters. The van der Waals surface area contributed by atoms with Crippen molar-refractivity contribution in [3.05, 3.63) is 23.8 Å². The fraction of sp³-hybridized carbons (Fsp3) is 0.600. The molecule has 0 amide bonds. The lowest BCUT2D eigenvalue weighted by molar-refractivity contribution is 0.175. The normalized spacial score (nSPS) is 18.6. The van der Waals surface area contributed by atoms with E-state index in [4.69, 9.17) is 5.73 Å². The number of nitrogen functional groups attached to an aromatic ring is 1. The number of hydrogen-bond donors (Lipinski definition) is 2. The number of anilines is 1. The first kappa shape index (κ1) is 16.3. The first-order valence-electron chi connectivity index (χ1n) is 7.50. The number of nitrogens with one attached hydrogen (secondary N) is 1. The van der Waals surface area contributed by atoms with Gasteiger partial charge < -0.3 is 5.73 Å². The number of likely N-dealkylation sites (tertiary alicyclic amines) is 1. The molecule has 0 spiro atoms. The predicted molar refractivity (Wildman–Crippen MR) is 85.7 cm³/mol. The smallest absolute Gasteiger partial charge is 0.242 e. The van der Waals surface area contributed by atoms with Crippen molar-refractivity contribution in [2.45, 2.75) is 44.0 Å². The van der Waals surface area contributed by atoms with Gasteiger partial charge in [-0.25, -0.2) is 13.1 Å². The summed E-state index contributed by atoms with van der Waals surface area (Å²) in [5.41, 5.74) is 6.80. The van der Waals surface area contributed by atoms with E-state index in [1.54, 1.807) is 25.1 Å². The Kier molecular flexibility index (Phi) is 5.24. The third kappa shape index (κ3) is 3.96. The molecule has 1 aromatic carbocycles. The summed E-state index contributed by atoms with van der Waals surface area (Å²) in [5.74, 6) is 0. The van der Waals surface area contributed by atoms with E-state index in [1.165, 1.54) is 19.3 Å². The highest BCUT2D eigenvalue weighted by molar-refractivity contribution is 7.89. The molecule has 1 heterocycles. The standard InChI is InChI=1S/C15H25N3O2S/c1-12-7-6-8-14(16)15(12)21(19,20)17-11-13(2)18-9-4-3-5-10-18/h6-8,13,17H,3-5,9-11,16H2,1-2H3. The Balaban J connectivity index is 2.04. The average Bonchev–Trinajstić information content (AvgIpc) is 2.45. The van der Waals surface area contributed by atoms with Crippen LogP contribution in [0.2, 0.25) is 0 Å². The number of rotatable bonds is 5. The van der Waals surface area contributed by atoms with Crippen LogP contribution in [0.15, 0.2) is 23.1 Å². The Morgan fingerprint density at radius 2 is 1.95 bits per heavy atom. The van der Waals surface area contributed by atoms with Crippen molar-refractivity contribution in [3.8, 4) is 0 Å². The lowest BCUT2D eigenvalue weighted by Crippen LogP contribution is -2.44. The van der Waals surface area contributed by atoms with E-state index in [0.29, 0.717) is 17.8 Å². The van der Waals surface area contributed by atoms with Crippen molar-refractivity contribution >= 4 is 15.7 Å². The first-order chi connectivity index (χ1) is 9.92. The second-order valence-electron chi connectivity index (χ2n) is 5.79. The molecule has 5 nitrogen and oxygen atoms in total. The van der Waals surface area contributed by atoms with Gasteiger partial charge in [-0.2, -0.15) is 0 Å². The fourth-order valence-corrected chi connectivity index (χ4v) is 4.31. The highest BCUT2D eigenvalue weighted by Crippen LogP contribution is 2.22. The summed E-state index contributed by atoms with van der Waals surface area (Å²) in [6.07, 6.45) is 3.67. The highest BCUT2D eigenvalue weighted by Gasteiger charge is 2.22. The molecule has 1 aliphatic heterocycles. The number of sulfonamides is 1. The monoisotopic (exact) mass is 311 g/mol. The zero-order valence-electron chi connectivity index (χ0n) is 12.8. The second kappa shape index (κ2) is 6.77. The molecule has 1 unspecified atom stereocenters. The molecular weight excluding hydrogens is 286 g/mol. The minimum absolute atomic E-state index is 0.199. The topological polar surface area (TPSA) is 75.4 Å². The maximum absolute atomic E-state index is 12.5. The highest BCUT2D eigenvalue weighted by atomic mass is 32.2. The molecule has 0 saturated carbocycles. The lowest BCUT2D eigenvalue weighted by Gasteiger charge is -2.32. The molecule has 6 heteroatoms. The van der Waals surface area contributed by atoms with Crippen LogP contribution in [-0.4, -0.2) is 39.0 Å². The van der Waals surface area contributed by atoms with Gasteiger partial charge in [-0.1, -0.05) is 18.6 Å². The average molecular weight is 311 g/mol. The van der Waals surface area contributed by atoms with E-state index in [-0.39, 0.29) is 10.9 Å². The van der Waals surface area contributed by atoms with Crippen LogP contribution in [0.5, 0.6) is 0 Å². The SMILES string of the molecule is Cc1cccc(N)c1S(=O)(=O)NCC(C)N1CCCCC1. The quantitative estimate of drug-likeness (QED) is 0.812. The van der Waals surface area contributed by atoms with Crippen LogP contribution in [0.4, 0.5) is 5.69 Å². The van der Waals surface area contributed by atoms with Crippen molar-refractivity contribution in [1.29, 1.82) is 0 Å². The van der Waals surface area contributed by atoms with Gasteiger partial charge in [0.25, 0.3) is 0 Å². The summed E-state index contributed by atoms with van der Waals surface area (Å²) < 4.78 is 27.6. The van der Waals surface area contributed by atoms with Gasteiger partial charge in [-0.15, -0.1) is 0 Å². The van der Waals surface area contributed by atoms with Crippen LogP contribution in [0.25, 0.3) is 0 Å². The van der Waals surface area contributed by atoms with Crippen LogP contribution in [-0.2, 0) is 10.0 Å². The molecule has 21 heavy (non-hydrogen) atoms. The van der Waals surface area contributed by atoms with Crippen molar-refractivity contribution in [2.24, 2.45) is 0 Å². The summed E-state index contributed by atoms with van der Waals surface area (Å²) >= 11 is 0. The molecule has 1 fully saturated rings. The zero-order valence-corrected chi connectivity index (χ0v) is 13.6. The molecule has 1 aliphatic rings. The second-order valence-corrected chi connectivity index (χ2v) is 7.49. The summed E-state index contributed by atoms with van der Waals surface area (Å²) in [6, 6.07) is 5.35. The van der Waals surface area contributed by atoms with Gasteiger partial charge in [0.05, 0.1) is 5.69 Å². The fourth-order valence-electron chi connectivity index (χ4n) is 2.83. The van der Waals surface area contributed by atoms with Crippen molar-refractivity contribution in [2.75, 3.05) is 25.4 Å². The minimum Gasteiger partial charge on any atom is -0.398 e. The Morgan fingerprint density at radius 3 is 2.57 bits per heavy atom.